The summed E-state index contributed by atoms with van der Waals surface area (Å²) in [4.78, 5) is 35.0. The Morgan fingerprint density at radius 3 is 2.79 bits per heavy atom. The Bertz CT molecular complexity index is 557. The lowest BCUT2D eigenvalue weighted by Crippen LogP contribution is -2.42. The van der Waals surface area contributed by atoms with E-state index in [2.05, 4.69) is 0 Å². The molecule has 0 aliphatic carbocycles. The fraction of sp³-hybridized carbons (Fsp3) is 0.250. The number of rotatable bonds is 4. The van der Waals surface area contributed by atoms with Gasteiger partial charge in [-0.15, -0.1) is 11.6 Å². The molecule has 1 aliphatic heterocycles. The topological polar surface area (TPSA) is 83.9 Å². The number of hydrogen-bond acceptors (Lipinski definition) is 4. The number of amides is 1. The van der Waals surface area contributed by atoms with Crippen LogP contribution in [0, 0.1) is 0 Å². The summed E-state index contributed by atoms with van der Waals surface area (Å²) < 4.78 is 5.19. The van der Waals surface area contributed by atoms with Crippen LogP contribution in [-0.2, 0) is 9.59 Å². The highest BCUT2D eigenvalue weighted by atomic mass is 35.5. The van der Waals surface area contributed by atoms with Crippen LogP contribution in [0.25, 0.3) is 0 Å². The Balaban J connectivity index is 2.43. The zero-order valence-corrected chi connectivity index (χ0v) is 10.5. The van der Waals surface area contributed by atoms with Gasteiger partial charge in [-0.2, -0.15) is 0 Å². The second-order valence-corrected chi connectivity index (χ2v) is 4.17. The normalized spacial score (nSPS) is 13.7. The Morgan fingerprint density at radius 2 is 2.16 bits per heavy atom. The van der Waals surface area contributed by atoms with E-state index in [-0.39, 0.29) is 24.0 Å². The second kappa shape index (κ2) is 5.27. The van der Waals surface area contributed by atoms with E-state index in [1.165, 1.54) is 18.2 Å². The van der Waals surface area contributed by atoms with Gasteiger partial charge in [-0.1, -0.05) is 0 Å². The maximum atomic E-state index is 11.7. The summed E-state index contributed by atoms with van der Waals surface area (Å²) >= 11 is 5.46. The summed E-state index contributed by atoms with van der Waals surface area (Å²) in [5.74, 6) is -1.74. The lowest BCUT2D eigenvalue weighted by molar-refractivity contribution is -0.137. The van der Waals surface area contributed by atoms with Crippen molar-refractivity contribution in [1.29, 1.82) is 0 Å². The van der Waals surface area contributed by atoms with E-state index >= 15 is 0 Å². The van der Waals surface area contributed by atoms with Gasteiger partial charge in [-0.05, 0) is 18.2 Å². The summed E-state index contributed by atoms with van der Waals surface area (Å²) in [5, 5.41) is 8.81. The molecule has 1 heterocycles. The molecule has 2 rings (SSSR count). The second-order valence-electron chi connectivity index (χ2n) is 3.90. The van der Waals surface area contributed by atoms with Crippen molar-refractivity contribution in [3.8, 4) is 5.75 Å². The van der Waals surface area contributed by atoms with Crippen LogP contribution in [0.3, 0.4) is 0 Å². The number of aliphatic carboxylic acids is 1. The van der Waals surface area contributed by atoms with Crippen molar-refractivity contribution in [2.45, 2.75) is 0 Å². The lowest BCUT2D eigenvalue weighted by atomic mass is 10.1. The highest BCUT2D eigenvalue weighted by molar-refractivity contribution is 6.30. The molecule has 0 radical (unpaired) electrons. The summed E-state index contributed by atoms with van der Waals surface area (Å²) in [6, 6.07) is 4.47. The Labute approximate surface area is 113 Å². The summed E-state index contributed by atoms with van der Waals surface area (Å²) in [6.45, 7) is -0.698. The van der Waals surface area contributed by atoms with Crippen LogP contribution in [0.15, 0.2) is 18.2 Å². The highest BCUT2D eigenvalue weighted by Gasteiger charge is 2.28. The number of nitrogens with zero attached hydrogens (tertiary/aromatic N) is 1. The third-order valence-electron chi connectivity index (χ3n) is 2.64. The predicted molar refractivity (Wildman–Crippen MR) is 67.0 cm³/mol. The number of hydrogen-bond donors (Lipinski definition) is 1. The van der Waals surface area contributed by atoms with Crippen LogP contribution in [0.4, 0.5) is 5.69 Å². The zero-order valence-electron chi connectivity index (χ0n) is 9.76. The van der Waals surface area contributed by atoms with Crippen molar-refractivity contribution >= 4 is 34.9 Å². The van der Waals surface area contributed by atoms with Gasteiger partial charge in [0.15, 0.2) is 12.4 Å². The number of carboxylic acids is 1. The number of Topliss-reactive ketones (excluding diaryl/α,β-unsaturated/α-hetero) is 1. The molecule has 6 nitrogen and oxygen atoms in total. The number of ketones is 1. The monoisotopic (exact) mass is 283 g/mol. The number of halogens is 1. The van der Waals surface area contributed by atoms with Gasteiger partial charge >= 0.3 is 5.97 Å². The fourth-order valence-electron chi connectivity index (χ4n) is 1.76. The molecule has 1 aromatic carbocycles. The van der Waals surface area contributed by atoms with Gasteiger partial charge in [0.05, 0.1) is 11.6 Å². The molecule has 1 aromatic rings. The first-order valence-electron chi connectivity index (χ1n) is 5.41. The molecule has 0 saturated carbocycles. The molecule has 1 aliphatic rings. The molecule has 7 heteroatoms. The van der Waals surface area contributed by atoms with Gasteiger partial charge in [0.25, 0.3) is 5.91 Å². The molecule has 1 N–H and O–H groups in total. The minimum absolute atomic E-state index is 0.188. The quantitative estimate of drug-likeness (QED) is 0.656. The first kappa shape index (κ1) is 13.4. The Hall–Kier alpha value is -2.08. The standard InChI is InChI=1S/C12H10ClNO5/c13-4-9(15)7-1-2-10-8(3-7)14(5-12(17)18)11(16)6-19-10/h1-3H,4-6H2,(H,17,18). The van der Waals surface area contributed by atoms with E-state index in [4.69, 9.17) is 21.4 Å². The number of carbonyl (C=O) groups is 3. The van der Waals surface area contributed by atoms with Gasteiger partial charge in [0.2, 0.25) is 0 Å². The van der Waals surface area contributed by atoms with E-state index in [0.29, 0.717) is 11.3 Å². The number of fused-ring (bicyclic) bond motifs is 1. The predicted octanol–water partition coefficient (Wildman–Crippen LogP) is 0.918. The number of carbonyl (C=O) groups excluding carboxylic acids is 2. The first-order chi connectivity index (χ1) is 9.02. The largest absolute Gasteiger partial charge is 0.482 e. The number of anilines is 1. The molecular formula is C12H10ClNO5. The maximum Gasteiger partial charge on any atom is 0.323 e. The molecule has 0 saturated heterocycles. The van der Waals surface area contributed by atoms with E-state index < -0.39 is 18.4 Å². The van der Waals surface area contributed by atoms with E-state index in [0.717, 1.165) is 4.90 Å². The SMILES string of the molecule is O=C(O)CN1C(=O)COc2ccc(C(=O)CCl)cc21. The molecule has 100 valence electrons. The smallest absolute Gasteiger partial charge is 0.323 e. The van der Waals surface area contributed by atoms with Crippen LogP contribution >= 0.6 is 11.6 Å². The van der Waals surface area contributed by atoms with Gasteiger partial charge in [-0.3, -0.25) is 19.3 Å². The van der Waals surface area contributed by atoms with Crippen LogP contribution in [0.1, 0.15) is 10.4 Å². The average Bonchev–Trinajstić information content (AvgIpc) is 2.40. The van der Waals surface area contributed by atoms with Crippen LogP contribution in [0.2, 0.25) is 0 Å². The minimum atomic E-state index is -1.14. The van der Waals surface area contributed by atoms with Crippen LogP contribution in [0.5, 0.6) is 5.75 Å². The van der Waals surface area contributed by atoms with Crippen LogP contribution in [-0.4, -0.2) is 41.8 Å². The van der Waals surface area contributed by atoms with Crippen LogP contribution < -0.4 is 9.64 Å². The van der Waals surface area contributed by atoms with Crippen molar-refractivity contribution in [2.24, 2.45) is 0 Å². The van der Waals surface area contributed by atoms with Crippen molar-refractivity contribution in [2.75, 3.05) is 23.9 Å². The zero-order chi connectivity index (χ0) is 14.0. The molecule has 0 atom stereocenters. The van der Waals surface area contributed by atoms with Crippen molar-refractivity contribution in [3.05, 3.63) is 23.8 Å². The molecule has 1 amide bonds. The third kappa shape index (κ3) is 2.68. The van der Waals surface area contributed by atoms with Crippen molar-refractivity contribution in [3.63, 3.8) is 0 Å². The highest BCUT2D eigenvalue weighted by Crippen LogP contribution is 2.33. The first-order valence-corrected chi connectivity index (χ1v) is 5.94. The summed E-state index contributed by atoms with van der Waals surface area (Å²) in [6.07, 6.45) is 0. The van der Waals surface area contributed by atoms with Gasteiger partial charge in [0, 0.05) is 5.56 Å². The third-order valence-corrected chi connectivity index (χ3v) is 2.88. The van der Waals surface area contributed by atoms with Gasteiger partial charge in [0.1, 0.15) is 12.3 Å². The summed E-state index contributed by atoms with van der Waals surface area (Å²) in [7, 11) is 0. The molecule has 19 heavy (non-hydrogen) atoms. The van der Waals surface area contributed by atoms with E-state index in [1.54, 1.807) is 0 Å². The molecule has 0 aromatic heterocycles. The molecule has 0 spiro atoms. The molecule has 0 bridgehead atoms. The van der Waals surface area contributed by atoms with Crippen molar-refractivity contribution in [1.82, 2.24) is 0 Å². The number of alkyl halides is 1. The maximum absolute atomic E-state index is 11.7. The number of ether oxygens (including phenoxy) is 1. The molecular weight excluding hydrogens is 274 g/mol. The fourth-order valence-corrected chi connectivity index (χ4v) is 1.92. The molecule has 0 unspecified atom stereocenters. The van der Waals surface area contributed by atoms with Gasteiger partial charge in [-0.25, -0.2) is 0 Å². The van der Waals surface area contributed by atoms with E-state index in [1.807, 2.05) is 0 Å². The Kier molecular flexibility index (Phi) is 3.71. The minimum Gasteiger partial charge on any atom is -0.482 e. The number of benzene rings is 1. The Morgan fingerprint density at radius 1 is 1.42 bits per heavy atom. The van der Waals surface area contributed by atoms with Crippen molar-refractivity contribution < 1.29 is 24.2 Å². The summed E-state index contributed by atoms with van der Waals surface area (Å²) in [5.41, 5.74) is 0.581. The van der Waals surface area contributed by atoms with Gasteiger partial charge < -0.3 is 9.84 Å². The average molecular weight is 284 g/mol. The molecule has 0 fully saturated rings. The lowest BCUT2D eigenvalue weighted by Gasteiger charge is -2.28. The van der Waals surface area contributed by atoms with E-state index in [9.17, 15) is 14.4 Å². The number of carboxylic acid groups (broad SMARTS) is 1.